The first-order chi connectivity index (χ1) is 15.1. The van der Waals surface area contributed by atoms with E-state index in [4.69, 9.17) is 23.7 Å². The highest BCUT2D eigenvalue weighted by Gasteiger charge is 2.31. The normalized spacial score (nSPS) is 15.8. The average Bonchev–Trinajstić information content (AvgIpc) is 3.31. The lowest BCUT2D eigenvalue weighted by molar-refractivity contribution is -0.126. The number of rotatable bonds is 8. The summed E-state index contributed by atoms with van der Waals surface area (Å²) in [6, 6.07) is 9.18. The number of ether oxygens (including phenoxy) is 5. The highest BCUT2D eigenvalue weighted by atomic mass is 16.5. The number of likely N-dealkylation sites (tertiary alicyclic amines) is 1. The van der Waals surface area contributed by atoms with E-state index in [0.29, 0.717) is 23.8 Å². The molecular weight excluding hydrogens is 398 g/mol. The fourth-order valence-corrected chi connectivity index (χ4v) is 3.89. The Balaban J connectivity index is 1.86. The minimum atomic E-state index is -0.0720. The molecule has 2 aromatic carbocycles. The lowest BCUT2D eigenvalue weighted by Crippen LogP contribution is -2.29. The van der Waals surface area contributed by atoms with Gasteiger partial charge in [-0.1, -0.05) is 0 Å². The Labute approximate surface area is 183 Å². The van der Waals surface area contributed by atoms with Crippen LogP contribution in [0, 0.1) is 0 Å². The van der Waals surface area contributed by atoms with Gasteiger partial charge in [-0.2, -0.15) is 0 Å². The Kier molecular flexibility index (Phi) is 7.28. The van der Waals surface area contributed by atoms with Gasteiger partial charge in [0.1, 0.15) is 17.2 Å². The number of hydrogen-bond donors (Lipinski definition) is 0. The van der Waals surface area contributed by atoms with E-state index in [-0.39, 0.29) is 11.9 Å². The summed E-state index contributed by atoms with van der Waals surface area (Å²) in [4.78, 5) is 14.9. The van der Waals surface area contributed by atoms with E-state index in [1.54, 1.807) is 59.8 Å². The lowest BCUT2D eigenvalue weighted by atomic mass is 10.0. The summed E-state index contributed by atoms with van der Waals surface area (Å²) in [5.74, 6) is 3.09. The van der Waals surface area contributed by atoms with E-state index in [0.717, 1.165) is 35.5 Å². The Morgan fingerprint density at radius 2 is 1.55 bits per heavy atom. The molecule has 0 spiro atoms. The van der Waals surface area contributed by atoms with Crippen molar-refractivity contribution in [3.05, 3.63) is 47.5 Å². The van der Waals surface area contributed by atoms with Crippen molar-refractivity contribution in [2.45, 2.75) is 18.9 Å². The maximum Gasteiger partial charge on any atom is 0.247 e. The lowest BCUT2D eigenvalue weighted by Gasteiger charge is -2.25. The van der Waals surface area contributed by atoms with Crippen molar-refractivity contribution in [2.24, 2.45) is 0 Å². The first-order valence-corrected chi connectivity index (χ1v) is 10.1. The number of carbonyl (C=O) groups excluding carboxylic acids is 1. The molecule has 1 aliphatic heterocycles. The topological polar surface area (TPSA) is 66.5 Å². The molecule has 0 bridgehead atoms. The van der Waals surface area contributed by atoms with Crippen LogP contribution in [0.2, 0.25) is 0 Å². The molecule has 0 radical (unpaired) electrons. The zero-order valence-corrected chi connectivity index (χ0v) is 18.6. The highest BCUT2D eigenvalue weighted by Crippen LogP contribution is 2.39. The van der Waals surface area contributed by atoms with Gasteiger partial charge in [0.25, 0.3) is 0 Å². The van der Waals surface area contributed by atoms with Crippen LogP contribution in [0.15, 0.2) is 36.4 Å². The van der Waals surface area contributed by atoms with Crippen molar-refractivity contribution < 1.29 is 28.5 Å². The summed E-state index contributed by atoms with van der Waals surface area (Å²) in [7, 11) is 7.96. The molecule has 7 heteroatoms. The van der Waals surface area contributed by atoms with E-state index in [1.807, 2.05) is 23.1 Å². The second kappa shape index (κ2) is 10.1. The summed E-state index contributed by atoms with van der Waals surface area (Å²) in [5, 5.41) is 0. The van der Waals surface area contributed by atoms with E-state index >= 15 is 0 Å². The third-order valence-corrected chi connectivity index (χ3v) is 5.48. The predicted octanol–water partition coefficient (Wildman–Crippen LogP) is 4.11. The van der Waals surface area contributed by atoms with E-state index in [9.17, 15) is 4.79 Å². The summed E-state index contributed by atoms with van der Waals surface area (Å²) in [6.07, 6.45) is 5.11. The van der Waals surface area contributed by atoms with E-state index in [2.05, 4.69) is 0 Å². The molecule has 0 N–H and O–H groups in total. The number of nitrogens with zero attached hydrogens (tertiary/aromatic N) is 1. The SMILES string of the molecule is COc1ccc(C2CCCN2C(=O)/C=C/c2cc(OC)c(OC)cc2OC)c(OC)c1. The fraction of sp³-hybridized carbons (Fsp3) is 0.375. The number of hydrogen-bond acceptors (Lipinski definition) is 6. The molecule has 1 amide bonds. The zero-order valence-electron chi connectivity index (χ0n) is 18.6. The predicted molar refractivity (Wildman–Crippen MR) is 118 cm³/mol. The third-order valence-electron chi connectivity index (χ3n) is 5.48. The molecule has 1 heterocycles. The van der Waals surface area contributed by atoms with Crippen LogP contribution in [-0.4, -0.2) is 52.9 Å². The first kappa shape index (κ1) is 22.3. The molecule has 0 aromatic heterocycles. The molecule has 0 saturated carbocycles. The molecule has 1 unspecified atom stereocenters. The van der Waals surface area contributed by atoms with Crippen molar-refractivity contribution in [2.75, 3.05) is 42.1 Å². The van der Waals surface area contributed by atoms with Gasteiger partial charge in [0.05, 0.1) is 41.6 Å². The van der Waals surface area contributed by atoms with E-state index < -0.39 is 0 Å². The highest BCUT2D eigenvalue weighted by molar-refractivity contribution is 5.93. The van der Waals surface area contributed by atoms with Gasteiger partial charge in [-0.15, -0.1) is 0 Å². The molecular formula is C24H29NO6. The maximum atomic E-state index is 13.1. The van der Waals surface area contributed by atoms with Gasteiger partial charge in [0, 0.05) is 35.9 Å². The fourth-order valence-electron chi connectivity index (χ4n) is 3.89. The van der Waals surface area contributed by atoms with Gasteiger partial charge in [-0.05, 0) is 37.1 Å². The number of benzene rings is 2. The smallest absolute Gasteiger partial charge is 0.247 e. The largest absolute Gasteiger partial charge is 0.497 e. The van der Waals surface area contributed by atoms with Gasteiger partial charge in [-0.25, -0.2) is 0 Å². The molecule has 1 fully saturated rings. The van der Waals surface area contributed by atoms with E-state index in [1.165, 1.54) is 0 Å². The van der Waals surface area contributed by atoms with Crippen LogP contribution in [0.4, 0.5) is 0 Å². The number of methoxy groups -OCH3 is 5. The summed E-state index contributed by atoms with van der Waals surface area (Å²) in [6.45, 7) is 0.687. The minimum absolute atomic E-state index is 0.0506. The maximum absolute atomic E-state index is 13.1. The zero-order chi connectivity index (χ0) is 22.4. The third kappa shape index (κ3) is 4.71. The van der Waals surface area contributed by atoms with Gasteiger partial charge in [0.15, 0.2) is 11.5 Å². The van der Waals surface area contributed by atoms with Crippen molar-refractivity contribution in [3.8, 4) is 28.7 Å². The van der Waals surface area contributed by atoms with Crippen LogP contribution in [0.3, 0.4) is 0 Å². The molecule has 1 saturated heterocycles. The Morgan fingerprint density at radius 3 is 2.19 bits per heavy atom. The second-order valence-corrected chi connectivity index (χ2v) is 7.08. The summed E-state index contributed by atoms with van der Waals surface area (Å²) >= 11 is 0. The van der Waals surface area contributed by atoms with Crippen molar-refractivity contribution in [1.29, 1.82) is 0 Å². The van der Waals surface area contributed by atoms with Crippen LogP contribution in [0.25, 0.3) is 6.08 Å². The second-order valence-electron chi connectivity index (χ2n) is 7.08. The average molecular weight is 427 g/mol. The molecule has 3 rings (SSSR count). The Morgan fingerprint density at radius 1 is 0.871 bits per heavy atom. The Hall–Kier alpha value is -3.35. The van der Waals surface area contributed by atoms with Crippen LogP contribution in [-0.2, 0) is 4.79 Å². The molecule has 2 aromatic rings. The van der Waals surface area contributed by atoms with Gasteiger partial charge < -0.3 is 28.6 Å². The van der Waals surface area contributed by atoms with Crippen LogP contribution >= 0.6 is 0 Å². The van der Waals surface area contributed by atoms with Crippen LogP contribution < -0.4 is 23.7 Å². The summed E-state index contributed by atoms with van der Waals surface area (Å²) in [5.41, 5.74) is 1.71. The number of amides is 1. The molecule has 1 atom stereocenters. The molecule has 0 aliphatic carbocycles. The molecule has 166 valence electrons. The quantitative estimate of drug-likeness (QED) is 0.591. The number of carbonyl (C=O) groups is 1. The van der Waals surface area contributed by atoms with Crippen LogP contribution in [0.5, 0.6) is 28.7 Å². The minimum Gasteiger partial charge on any atom is -0.497 e. The van der Waals surface area contributed by atoms with Crippen LogP contribution in [0.1, 0.15) is 30.0 Å². The Bertz CT molecular complexity index is 955. The van der Waals surface area contributed by atoms with Crippen molar-refractivity contribution >= 4 is 12.0 Å². The summed E-state index contributed by atoms with van der Waals surface area (Å²) < 4.78 is 27.0. The molecule has 7 nitrogen and oxygen atoms in total. The standard InChI is InChI=1S/C24H29NO6/c1-27-17-9-10-18(21(14-17)29-3)19-7-6-12-25(19)24(26)11-8-16-13-22(30-4)23(31-5)15-20(16)28-2/h8-11,13-15,19H,6-7,12H2,1-5H3/b11-8+. The monoisotopic (exact) mass is 427 g/mol. The first-order valence-electron chi connectivity index (χ1n) is 10.1. The van der Waals surface area contributed by atoms with Gasteiger partial charge in [-0.3, -0.25) is 4.79 Å². The van der Waals surface area contributed by atoms with Gasteiger partial charge >= 0.3 is 0 Å². The molecule has 1 aliphatic rings. The van der Waals surface area contributed by atoms with Crippen molar-refractivity contribution in [3.63, 3.8) is 0 Å². The molecule has 31 heavy (non-hydrogen) atoms. The van der Waals surface area contributed by atoms with Crippen molar-refractivity contribution in [1.82, 2.24) is 4.90 Å². The van der Waals surface area contributed by atoms with Gasteiger partial charge in [0.2, 0.25) is 5.91 Å².